The third kappa shape index (κ3) is 6.74. The average Bonchev–Trinajstić information content (AvgIpc) is 3.32. The number of nitrogens with zero attached hydrogens (tertiary/aromatic N) is 4. The van der Waals surface area contributed by atoms with E-state index < -0.39 is 58.7 Å². The number of alkyl halides is 2. The number of halogens is 4. The van der Waals surface area contributed by atoms with Crippen molar-refractivity contribution < 1.29 is 40.3 Å². The van der Waals surface area contributed by atoms with Gasteiger partial charge in [-0.15, -0.1) is 0 Å². The molecule has 212 valence electrons. The number of ether oxygens (including phenoxy) is 1. The van der Waals surface area contributed by atoms with Crippen molar-refractivity contribution in [3.63, 3.8) is 0 Å². The van der Waals surface area contributed by atoms with Crippen LogP contribution in [-0.4, -0.2) is 56.6 Å². The van der Waals surface area contributed by atoms with Crippen LogP contribution in [0.2, 0.25) is 0 Å². The highest BCUT2D eigenvalue weighted by molar-refractivity contribution is 7.91. The smallest absolute Gasteiger partial charge is 0.388 e. The Bertz CT molecular complexity index is 1490. The number of hydrogen-bond donors (Lipinski definition) is 2. The Hall–Kier alpha value is -4.47. The topological polar surface area (TPSA) is 134 Å². The number of likely N-dealkylation sites (N-methyl/N-ethyl adjacent to an activating group) is 1. The van der Waals surface area contributed by atoms with E-state index in [1.54, 1.807) is 12.1 Å². The third-order valence-electron chi connectivity index (χ3n) is 5.81. The van der Waals surface area contributed by atoms with E-state index >= 15 is 0 Å². The molecular weight excluding hydrogens is 560 g/mol. The van der Waals surface area contributed by atoms with E-state index in [9.17, 15) is 35.6 Å². The molecule has 1 atom stereocenters. The fraction of sp³-hybridized carbons (Fsp3) is 0.250. The molecular formula is C24H22F4N6O5S. The Kier molecular flexibility index (Phi) is 8.37. The molecule has 2 aromatic heterocycles. The maximum atomic E-state index is 13.8. The van der Waals surface area contributed by atoms with Crippen LogP contribution in [0.3, 0.4) is 0 Å². The predicted octanol–water partition coefficient (Wildman–Crippen LogP) is 2.54. The SMILES string of the molecule is CN(C(=O)C(Cc1cc(F)cc(F)c1)NC(=O)NS(=O)(=O)N1CCc2cccnc21)c1ccc(OC(F)F)nc1. The van der Waals surface area contributed by atoms with Crippen LogP contribution < -0.4 is 24.0 Å². The molecule has 0 bridgehead atoms. The molecule has 0 spiro atoms. The van der Waals surface area contributed by atoms with Gasteiger partial charge in [-0.1, -0.05) is 6.07 Å². The molecule has 3 amide bonds. The van der Waals surface area contributed by atoms with Gasteiger partial charge in [-0.2, -0.15) is 17.2 Å². The highest BCUT2D eigenvalue weighted by atomic mass is 32.2. The van der Waals surface area contributed by atoms with E-state index in [0.717, 1.165) is 33.6 Å². The van der Waals surface area contributed by atoms with Crippen LogP contribution >= 0.6 is 0 Å². The second kappa shape index (κ2) is 11.7. The van der Waals surface area contributed by atoms with Crippen molar-refractivity contribution in [2.45, 2.75) is 25.5 Å². The van der Waals surface area contributed by atoms with E-state index in [4.69, 9.17) is 0 Å². The van der Waals surface area contributed by atoms with Gasteiger partial charge < -0.3 is 15.0 Å². The molecule has 1 aromatic carbocycles. The van der Waals surface area contributed by atoms with Crippen LogP contribution in [0.25, 0.3) is 0 Å². The Balaban J connectivity index is 1.54. The maximum absolute atomic E-state index is 13.8. The number of pyridine rings is 2. The molecule has 1 unspecified atom stereocenters. The zero-order valence-corrected chi connectivity index (χ0v) is 21.5. The summed E-state index contributed by atoms with van der Waals surface area (Å²) in [5, 5.41) is 2.24. The van der Waals surface area contributed by atoms with E-state index in [-0.39, 0.29) is 23.6 Å². The van der Waals surface area contributed by atoms with Crippen molar-refractivity contribution in [2.24, 2.45) is 0 Å². The molecule has 0 saturated heterocycles. The van der Waals surface area contributed by atoms with E-state index in [2.05, 4.69) is 20.0 Å². The van der Waals surface area contributed by atoms with Gasteiger partial charge in [0, 0.05) is 38.3 Å². The number of benzene rings is 1. The first-order valence-corrected chi connectivity index (χ1v) is 13.0. The van der Waals surface area contributed by atoms with E-state index in [1.165, 1.54) is 19.3 Å². The Morgan fingerprint density at radius 2 is 1.85 bits per heavy atom. The maximum Gasteiger partial charge on any atom is 0.388 e. The minimum atomic E-state index is -4.44. The van der Waals surface area contributed by atoms with Crippen LogP contribution in [0.4, 0.5) is 33.9 Å². The lowest BCUT2D eigenvalue weighted by Crippen LogP contribution is -2.54. The summed E-state index contributed by atoms with van der Waals surface area (Å²) in [6.45, 7) is -3.08. The zero-order valence-electron chi connectivity index (χ0n) is 20.7. The van der Waals surface area contributed by atoms with E-state index in [1.807, 2.05) is 4.72 Å². The van der Waals surface area contributed by atoms with Gasteiger partial charge >= 0.3 is 22.9 Å². The Morgan fingerprint density at radius 1 is 1.12 bits per heavy atom. The fourth-order valence-corrected chi connectivity index (χ4v) is 5.16. The number of nitrogens with one attached hydrogen (secondary N) is 2. The molecule has 3 aromatic rings. The van der Waals surface area contributed by atoms with Gasteiger partial charge in [0.15, 0.2) is 0 Å². The number of amides is 3. The monoisotopic (exact) mass is 582 g/mol. The van der Waals surface area contributed by atoms with Crippen molar-refractivity contribution in [1.82, 2.24) is 20.0 Å². The van der Waals surface area contributed by atoms with Crippen molar-refractivity contribution in [3.05, 3.63) is 77.6 Å². The predicted molar refractivity (Wildman–Crippen MR) is 134 cm³/mol. The molecule has 11 nitrogen and oxygen atoms in total. The van der Waals surface area contributed by atoms with Crippen molar-refractivity contribution in [3.8, 4) is 5.88 Å². The van der Waals surface area contributed by atoms with Gasteiger partial charge in [0.25, 0.3) is 0 Å². The summed E-state index contributed by atoms with van der Waals surface area (Å²) >= 11 is 0. The Morgan fingerprint density at radius 3 is 2.50 bits per heavy atom. The lowest BCUT2D eigenvalue weighted by molar-refractivity contribution is -0.120. The number of carbonyl (C=O) groups is 2. The quantitative estimate of drug-likeness (QED) is 0.371. The molecule has 0 radical (unpaired) electrons. The first-order chi connectivity index (χ1) is 18.9. The fourth-order valence-electron chi connectivity index (χ4n) is 4.03. The summed E-state index contributed by atoms with van der Waals surface area (Å²) in [4.78, 5) is 34.9. The first kappa shape index (κ1) is 28.5. The Labute approximate surface area is 226 Å². The number of anilines is 2. The molecule has 1 aliphatic heterocycles. The molecule has 0 aliphatic carbocycles. The number of rotatable bonds is 9. The second-order valence-electron chi connectivity index (χ2n) is 8.55. The van der Waals surface area contributed by atoms with Gasteiger partial charge in [-0.3, -0.25) is 4.79 Å². The van der Waals surface area contributed by atoms with Crippen molar-refractivity contribution >= 4 is 33.7 Å². The number of hydrogen-bond acceptors (Lipinski definition) is 7. The van der Waals surface area contributed by atoms with Crippen LogP contribution in [-0.2, 0) is 27.8 Å². The lowest BCUT2D eigenvalue weighted by Gasteiger charge is -2.25. The van der Waals surface area contributed by atoms with Crippen LogP contribution in [0.5, 0.6) is 5.88 Å². The summed E-state index contributed by atoms with van der Waals surface area (Å²) in [5.41, 5.74) is 0.746. The minimum absolute atomic E-state index is 0.0103. The average molecular weight is 583 g/mol. The van der Waals surface area contributed by atoms with Crippen molar-refractivity contribution in [2.75, 3.05) is 22.8 Å². The summed E-state index contributed by atoms with van der Waals surface area (Å²) in [6, 6.07) is 5.37. The molecule has 0 fully saturated rings. The standard InChI is InChI=1S/C24H22F4N6O5S/c1-33(18-4-5-20(30-13-18)39-23(27)28)22(35)19(11-14-9-16(25)12-17(26)10-14)31-24(36)32-40(37,38)34-8-6-15-3-2-7-29-21(15)34/h2-5,7,9-10,12-13,19,23H,6,8,11H2,1H3,(H2,31,32,36). The lowest BCUT2D eigenvalue weighted by atomic mass is 10.0. The number of carbonyl (C=O) groups excluding carboxylic acids is 2. The molecule has 3 heterocycles. The highest BCUT2D eigenvalue weighted by Crippen LogP contribution is 2.26. The highest BCUT2D eigenvalue weighted by Gasteiger charge is 2.33. The summed E-state index contributed by atoms with van der Waals surface area (Å²) in [7, 11) is -3.17. The van der Waals surface area contributed by atoms with Gasteiger partial charge in [-0.25, -0.2) is 32.6 Å². The second-order valence-corrected chi connectivity index (χ2v) is 10.1. The van der Waals surface area contributed by atoms with Crippen LogP contribution in [0.15, 0.2) is 54.9 Å². The van der Waals surface area contributed by atoms with Gasteiger partial charge in [0.1, 0.15) is 23.5 Å². The summed E-state index contributed by atoms with van der Waals surface area (Å²) in [5.74, 6) is -2.96. The molecule has 1 aliphatic rings. The summed E-state index contributed by atoms with van der Waals surface area (Å²) < 4.78 is 85.2. The third-order valence-corrected chi connectivity index (χ3v) is 7.19. The van der Waals surface area contributed by atoms with Crippen molar-refractivity contribution in [1.29, 1.82) is 0 Å². The number of urea groups is 1. The molecule has 40 heavy (non-hydrogen) atoms. The van der Waals surface area contributed by atoms with E-state index in [0.29, 0.717) is 18.1 Å². The van der Waals surface area contributed by atoms with Gasteiger partial charge in [0.2, 0.25) is 11.8 Å². The number of fused-ring (bicyclic) bond motifs is 1. The minimum Gasteiger partial charge on any atom is -0.417 e. The van der Waals surface area contributed by atoms with Crippen LogP contribution in [0.1, 0.15) is 11.1 Å². The normalized spacial score (nSPS) is 13.5. The molecule has 0 saturated carbocycles. The van der Waals surface area contributed by atoms with Crippen LogP contribution in [0, 0.1) is 11.6 Å². The van der Waals surface area contributed by atoms with Gasteiger partial charge in [-0.05, 0) is 41.8 Å². The molecule has 16 heteroatoms. The summed E-state index contributed by atoms with van der Waals surface area (Å²) in [6.07, 6.45) is 2.39. The molecule has 2 N–H and O–H groups in total. The number of aromatic nitrogens is 2. The zero-order chi connectivity index (χ0) is 29.0. The first-order valence-electron chi connectivity index (χ1n) is 11.6. The van der Waals surface area contributed by atoms with Gasteiger partial charge in [0.05, 0.1) is 11.9 Å². The molecule has 4 rings (SSSR count). The largest absolute Gasteiger partial charge is 0.417 e.